The van der Waals surface area contributed by atoms with Gasteiger partial charge in [0.15, 0.2) is 6.10 Å². The van der Waals surface area contributed by atoms with E-state index in [1.807, 2.05) is 13.8 Å². The SMILES string of the molecule is Cc1nc2cc(F)ccc2cc1C(=O)OC(C)C(=O)Nc1ccnn1C(C)C. The summed E-state index contributed by atoms with van der Waals surface area (Å²) in [5, 5.41) is 7.46. The summed E-state index contributed by atoms with van der Waals surface area (Å²) in [5.41, 5.74) is 1.07. The Hall–Kier alpha value is -3.29. The molecule has 0 radical (unpaired) electrons. The molecule has 1 unspecified atom stereocenters. The van der Waals surface area contributed by atoms with Crippen molar-refractivity contribution in [3.63, 3.8) is 0 Å². The van der Waals surface area contributed by atoms with Gasteiger partial charge in [-0.05, 0) is 45.9 Å². The number of carbonyl (C=O) groups excluding carboxylic acids is 2. The molecule has 1 atom stereocenters. The van der Waals surface area contributed by atoms with Gasteiger partial charge in [0.2, 0.25) is 0 Å². The predicted octanol–water partition coefficient (Wildman–Crippen LogP) is 3.64. The number of aryl methyl sites for hydroxylation is 1. The first-order chi connectivity index (χ1) is 13.3. The minimum absolute atomic E-state index is 0.0688. The number of hydrogen-bond acceptors (Lipinski definition) is 5. The maximum absolute atomic E-state index is 13.3. The van der Waals surface area contributed by atoms with E-state index in [4.69, 9.17) is 4.74 Å². The summed E-state index contributed by atoms with van der Waals surface area (Å²) in [4.78, 5) is 29.2. The Morgan fingerprint density at radius 2 is 1.93 bits per heavy atom. The maximum Gasteiger partial charge on any atom is 0.340 e. The van der Waals surface area contributed by atoms with Crippen LogP contribution in [0.25, 0.3) is 10.9 Å². The van der Waals surface area contributed by atoms with E-state index >= 15 is 0 Å². The fraction of sp³-hybridized carbons (Fsp3) is 0.300. The Bertz CT molecular complexity index is 1050. The highest BCUT2D eigenvalue weighted by Crippen LogP contribution is 2.19. The number of carbonyl (C=O) groups is 2. The molecule has 8 heteroatoms. The number of amides is 1. The van der Waals surface area contributed by atoms with E-state index in [9.17, 15) is 14.0 Å². The maximum atomic E-state index is 13.3. The molecule has 0 saturated carbocycles. The largest absolute Gasteiger partial charge is 0.449 e. The van der Waals surface area contributed by atoms with Crippen LogP contribution in [0.1, 0.15) is 42.9 Å². The Kier molecular flexibility index (Phi) is 5.39. The third-order valence-corrected chi connectivity index (χ3v) is 4.25. The number of fused-ring (bicyclic) bond motifs is 1. The van der Waals surface area contributed by atoms with E-state index in [-0.39, 0.29) is 11.6 Å². The van der Waals surface area contributed by atoms with Gasteiger partial charge < -0.3 is 10.1 Å². The van der Waals surface area contributed by atoms with Gasteiger partial charge in [0.25, 0.3) is 5.91 Å². The number of anilines is 1. The van der Waals surface area contributed by atoms with Crippen molar-refractivity contribution in [1.82, 2.24) is 14.8 Å². The van der Waals surface area contributed by atoms with Crippen molar-refractivity contribution < 1.29 is 18.7 Å². The van der Waals surface area contributed by atoms with Gasteiger partial charge >= 0.3 is 5.97 Å². The molecule has 1 aromatic carbocycles. The molecular formula is C20H21FN4O3. The molecule has 3 rings (SSSR count). The van der Waals surface area contributed by atoms with Crippen LogP contribution < -0.4 is 5.32 Å². The first-order valence-corrected chi connectivity index (χ1v) is 8.88. The highest BCUT2D eigenvalue weighted by atomic mass is 19.1. The van der Waals surface area contributed by atoms with E-state index in [0.717, 1.165) is 0 Å². The minimum atomic E-state index is -1.02. The molecule has 0 spiro atoms. The van der Waals surface area contributed by atoms with Crippen LogP contribution in [0, 0.1) is 12.7 Å². The fourth-order valence-electron chi connectivity index (χ4n) is 2.77. The topological polar surface area (TPSA) is 86.1 Å². The molecule has 1 N–H and O–H groups in total. The van der Waals surface area contributed by atoms with Crippen molar-refractivity contribution in [3.05, 3.63) is 53.6 Å². The molecule has 146 valence electrons. The quantitative estimate of drug-likeness (QED) is 0.679. The zero-order valence-corrected chi connectivity index (χ0v) is 16.1. The number of hydrogen-bond donors (Lipinski definition) is 1. The molecule has 1 amide bonds. The molecule has 3 aromatic rings. The van der Waals surface area contributed by atoms with Gasteiger partial charge in [0.05, 0.1) is 23.0 Å². The number of benzene rings is 1. The van der Waals surface area contributed by atoms with Crippen LogP contribution in [-0.4, -0.2) is 32.7 Å². The van der Waals surface area contributed by atoms with Gasteiger partial charge in [0.1, 0.15) is 11.6 Å². The van der Waals surface area contributed by atoms with Gasteiger partial charge in [-0.3, -0.25) is 9.78 Å². The highest BCUT2D eigenvalue weighted by Gasteiger charge is 2.22. The van der Waals surface area contributed by atoms with Crippen LogP contribution in [0.15, 0.2) is 36.5 Å². The fourth-order valence-corrected chi connectivity index (χ4v) is 2.77. The Labute approximate surface area is 161 Å². The number of rotatable bonds is 5. The number of halogens is 1. The van der Waals surface area contributed by atoms with Crippen LogP contribution in [0.2, 0.25) is 0 Å². The predicted molar refractivity (Wildman–Crippen MR) is 103 cm³/mol. The molecule has 7 nitrogen and oxygen atoms in total. The van der Waals surface area contributed by atoms with Crippen molar-refractivity contribution in [2.24, 2.45) is 0 Å². The minimum Gasteiger partial charge on any atom is -0.449 e. The van der Waals surface area contributed by atoms with Crippen LogP contribution in [0.3, 0.4) is 0 Å². The van der Waals surface area contributed by atoms with E-state index in [2.05, 4.69) is 15.4 Å². The number of nitrogens with zero attached hydrogens (tertiary/aromatic N) is 3. The summed E-state index contributed by atoms with van der Waals surface area (Å²) in [6, 6.07) is 7.45. The summed E-state index contributed by atoms with van der Waals surface area (Å²) in [7, 11) is 0. The molecule has 0 aliphatic rings. The molecule has 0 fully saturated rings. The average Bonchev–Trinajstić information content (AvgIpc) is 3.09. The lowest BCUT2D eigenvalue weighted by Gasteiger charge is -2.16. The van der Waals surface area contributed by atoms with Gasteiger partial charge in [-0.25, -0.2) is 13.9 Å². The molecule has 28 heavy (non-hydrogen) atoms. The molecule has 2 heterocycles. The van der Waals surface area contributed by atoms with Gasteiger partial charge in [-0.1, -0.05) is 0 Å². The summed E-state index contributed by atoms with van der Waals surface area (Å²) in [6.07, 6.45) is 0.561. The van der Waals surface area contributed by atoms with Crippen molar-refractivity contribution >= 4 is 28.6 Å². The van der Waals surface area contributed by atoms with Gasteiger partial charge in [-0.2, -0.15) is 5.10 Å². The van der Waals surface area contributed by atoms with E-state index in [0.29, 0.717) is 22.4 Å². The van der Waals surface area contributed by atoms with Crippen molar-refractivity contribution in [2.45, 2.75) is 39.8 Å². The summed E-state index contributed by atoms with van der Waals surface area (Å²) >= 11 is 0. The normalized spacial score (nSPS) is 12.2. The summed E-state index contributed by atoms with van der Waals surface area (Å²) in [5.74, 6) is -1.02. The smallest absolute Gasteiger partial charge is 0.340 e. The molecule has 0 aliphatic heterocycles. The lowest BCUT2D eigenvalue weighted by atomic mass is 10.1. The second kappa shape index (κ2) is 7.75. The summed E-state index contributed by atoms with van der Waals surface area (Å²) < 4.78 is 20.3. The lowest BCUT2D eigenvalue weighted by molar-refractivity contribution is -0.123. The number of aromatic nitrogens is 3. The second-order valence-electron chi connectivity index (χ2n) is 6.75. The Balaban J connectivity index is 1.74. The van der Waals surface area contributed by atoms with Crippen LogP contribution >= 0.6 is 0 Å². The highest BCUT2D eigenvalue weighted by molar-refractivity contribution is 5.99. The van der Waals surface area contributed by atoms with Crippen molar-refractivity contribution in [2.75, 3.05) is 5.32 Å². The average molecular weight is 384 g/mol. The molecular weight excluding hydrogens is 363 g/mol. The Morgan fingerprint density at radius 3 is 2.64 bits per heavy atom. The standard InChI is InChI=1S/C20H21FN4O3/c1-11(2)25-18(7-8-22-25)24-19(26)13(4)28-20(27)16-9-14-5-6-15(21)10-17(14)23-12(16)3/h5-11,13H,1-4H3,(H,24,26). The van der Waals surface area contributed by atoms with Crippen molar-refractivity contribution in [1.29, 1.82) is 0 Å². The third-order valence-electron chi connectivity index (χ3n) is 4.25. The second-order valence-corrected chi connectivity index (χ2v) is 6.75. The van der Waals surface area contributed by atoms with E-state index in [1.54, 1.807) is 29.9 Å². The Morgan fingerprint density at radius 1 is 1.18 bits per heavy atom. The van der Waals surface area contributed by atoms with Crippen LogP contribution in [0.4, 0.5) is 10.2 Å². The van der Waals surface area contributed by atoms with E-state index in [1.165, 1.54) is 25.1 Å². The number of ether oxygens (including phenoxy) is 1. The lowest BCUT2D eigenvalue weighted by Crippen LogP contribution is -2.31. The first-order valence-electron chi connectivity index (χ1n) is 8.88. The third kappa shape index (κ3) is 4.00. The van der Waals surface area contributed by atoms with E-state index < -0.39 is 23.8 Å². The molecule has 0 aliphatic carbocycles. The summed E-state index contributed by atoms with van der Waals surface area (Å²) in [6.45, 7) is 7.00. The number of nitrogens with one attached hydrogen (secondary N) is 1. The number of pyridine rings is 1. The first kappa shape index (κ1) is 19.5. The zero-order valence-electron chi connectivity index (χ0n) is 16.1. The van der Waals surface area contributed by atoms with Crippen LogP contribution in [0.5, 0.6) is 0 Å². The van der Waals surface area contributed by atoms with Crippen LogP contribution in [-0.2, 0) is 9.53 Å². The monoisotopic (exact) mass is 384 g/mol. The molecule has 0 bridgehead atoms. The van der Waals surface area contributed by atoms with Crippen molar-refractivity contribution in [3.8, 4) is 0 Å². The van der Waals surface area contributed by atoms with Gasteiger partial charge in [-0.15, -0.1) is 0 Å². The van der Waals surface area contributed by atoms with Gasteiger partial charge in [0, 0.05) is 23.6 Å². The zero-order chi connectivity index (χ0) is 20.4. The molecule has 2 aromatic heterocycles. The molecule has 0 saturated heterocycles. The number of esters is 1.